The van der Waals surface area contributed by atoms with E-state index in [1.807, 2.05) is 68.1 Å². The van der Waals surface area contributed by atoms with E-state index in [1.54, 1.807) is 21.2 Å². The number of amidine groups is 1. The maximum atomic E-state index is 12.2. The smallest absolute Gasteiger partial charge is 0.222 e. The number of fused-ring (bicyclic) bond motifs is 1. The van der Waals surface area contributed by atoms with Gasteiger partial charge in [0.05, 0.1) is 31.0 Å². The summed E-state index contributed by atoms with van der Waals surface area (Å²) in [7, 11) is 4.97. The highest BCUT2D eigenvalue weighted by molar-refractivity contribution is 6.30. The van der Waals surface area contributed by atoms with Crippen molar-refractivity contribution in [3.05, 3.63) is 70.9 Å². The molecular weight excluding hydrogens is 424 g/mol. The fourth-order valence-corrected chi connectivity index (χ4v) is 3.52. The van der Waals surface area contributed by atoms with Gasteiger partial charge in [-0.2, -0.15) is 0 Å². The van der Waals surface area contributed by atoms with Crippen molar-refractivity contribution in [2.24, 2.45) is 9.98 Å². The molecule has 170 valence electrons. The molecule has 0 saturated carbocycles. The number of carbonyl (C=O) groups excluding carboxylic acids is 1. The van der Waals surface area contributed by atoms with Gasteiger partial charge in [-0.1, -0.05) is 44.2 Å². The molecule has 2 aromatic rings. The van der Waals surface area contributed by atoms with E-state index < -0.39 is 6.04 Å². The Hall–Kier alpha value is -3.12. The second kappa shape index (κ2) is 11.5. The van der Waals surface area contributed by atoms with Crippen LogP contribution in [0.1, 0.15) is 38.3 Å². The van der Waals surface area contributed by atoms with Crippen molar-refractivity contribution in [1.29, 1.82) is 0 Å². The Labute approximate surface area is 195 Å². The molecule has 7 heteroatoms. The van der Waals surface area contributed by atoms with Gasteiger partial charge in [0.15, 0.2) is 0 Å². The summed E-state index contributed by atoms with van der Waals surface area (Å²) in [5.41, 5.74) is 4.04. The third kappa shape index (κ3) is 5.37. The number of benzene rings is 2. The van der Waals surface area contributed by atoms with Crippen LogP contribution in [0, 0.1) is 0 Å². The minimum absolute atomic E-state index is 0.116. The normalized spacial score (nSPS) is 15.7. The molecule has 0 saturated heterocycles. The van der Waals surface area contributed by atoms with Gasteiger partial charge in [0, 0.05) is 35.9 Å². The molecule has 0 fully saturated rings. The second-order valence-corrected chi connectivity index (χ2v) is 7.29. The average molecular weight is 455 g/mol. The van der Waals surface area contributed by atoms with Gasteiger partial charge in [-0.25, -0.2) is 0 Å². The van der Waals surface area contributed by atoms with Gasteiger partial charge in [-0.05, 0) is 37.3 Å². The predicted molar refractivity (Wildman–Crippen MR) is 135 cm³/mol. The molecule has 0 radical (unpaired) electrons. The summed E-state index contributed by atoms with van der Waals surface area (Å²) in [6.07, 6.45) is 0.172. The van der Waals surface area contributed by atoms with E-state index in [9.17, 15) is 4.79 Å². The molecule has 0 spiro atoms. The first-order valence-corrected chi connectivity index (χ1v) is 10.9. The summed E-state index contributed by atoms with van der Waals surface area (Å²) in [4.78, 5) is 23.6. The highest BCUT2D eigenvalue weighted by Gasteiger charge is 2.30. The number of rotatable bonds is 4. The van der Waals surface area contributed by atoms with Gasteiger partial charge in [0.25, 0.3) is 0 Å². The quantitative estimate of drug-likeness (QED) is 0.516. The van der Waals surface area contributed by atoms with Gasteiger partial charge in [0.1, 0.15) is 11.6 Å². The standard InChI is InChI=1S/C23H25ClN4O2.C2H6/c1-14-20(13-22(29)26-4)27-23(16-6-8-17(24)9-7-16)19-12-18(30-5)10-11-21(19)28(14)15(2)25-3;1-2/h6-12,20H,1,13H2,2-5H3,(H,26,29);1-2H3/t20-;/m0./s1. The van der Waals surface area contributed by atoms with E-state index in [0.717, 1.165) is 28.4 Å². The molecule has 1 N–H and O–H groups in total. The number of halogens is 1. The first-order valence-electron chi connectivity index (χ1n) is 10.5. The Kier molecular flexibility index (Phi) is 9.02. The van der Waals surface area contributed by atoms with Gasteiger partial charge in [0.2, 0.25) is 5.91 Å². The van der Waals surface area contributed by atoms with Gasteiger partial charge >= 0.3 is 0 Å². The molecule has 6 nitrogen and oxygen atoms in total. The Morgan fingerprint density at radius 1 is 1.25 bits per heavy atom. The maximum absolute atomic E-state index is 12.2. The summed E-state index contributed by atoms with van der Waals surface area (Å²) in [6.45, 7) is 10.2. The number of methoxy groups -OCH3 is 1. The number of hydrogen-bond acceptors (Lipinski definition) is 4. The zero-order valence-corrected chi connectivity index (χ0v) is 20.3. The van der Waals surface area contributed by atoms with Crippen molar-refractivity contribution >= 4 is 34.7 Å². The van der Waals surface area contributed by atoms with Crippen LogP contribution in [-0.4, -0.2) is 44.7 Å². The Morgan fingerprint density at radius 2 is 1.91 bits per heavy atom. The zero-order valence-electron chi connectivity index (χ0n) is 19.6. The lowest BCUT2D eigenvalue weighted by Gasteiger charge is -2.29. The molecule has 0 bridgehead atoms. The number of carbonyl (C=O) groups is 1. The molecule has 1 amide bonds. The van der Waals surface area contributed by atoms with Crippen molar-refractivity contribution in [2.75, 3.05) is 26.1 Å². The van der Waals surface area contributed by atoms with Crippen molar-refractivity contribution in [2.45, 2.75) is 33.2 Å². The van der Waals surface area contributed by atoms with E-state index in [1.165, 1.54) is 0 Å². The van der Waals surface area contributed by atoms with Crippen molar-refractivity contribution < 1.29 is 9.53 Å². The molecule has 0 aliphatic carbocycles. The molecule has 0 aromatic heterocycles. The number of aliphatic imine (C=N–C) groups is 2. The Bertz CT molecular complexity index is 1030. The van der Waals surface area contributed by atoms with Crippen LogP contribution in [0.5, 0.6) is 5.75 Å². The third-order valence-corrected chi connectivity index (χ3v) is 5.33. The van der Waals surface area contributed by atoms with E-state index in [4.69, 9.17) is 21.3 Å². The lowest BCUT2D eigenvalue weighted by molar-refractivity contribution is -0.120. The van der Waals surface area contributed by atoms with Crippen LogP contribution >= 0.6 is 11.6 Å². The number of nitrogens with one attached hydrogen (secondary N) is 1. The van der Waals surface area contributed by atoms with Gasteiger partial charge in [-0.15, -0.1) is 0 Å². The number of amides is 1. The van der Waals surface area contributed by atoms with E-state index in [2.05, 4.69) is 16.9 Å². The third-order valence-electron chi connectivity index (χ3n) is 5.08. The molecule has 1 heterocycles. The van der Waals surface area contributed by atoms with Crippen LogP contribution in [0.25, 0.3) is 0 Å². The van der Waals surface area contributed by atoms with Crippen LogP contribution in [0.2, 0.25) is 5.02 Å². The largest absolute Gasteiger partial charge is 0.497 e. The van der Waals surface area contributed by atoms with E-state index >= 15 is 0 Å². The lowest BCUT2D eigenvalue weighted by Crippen LogP contribution is -2.34. The molecular formula is C25H31ClN4O2. The van der Waals surface area contributed by atoms with E-state index in [-0.39, 0.29) is 12.3 Å². The Balaban J connectivity index is 0.00000176. The number of benzodiazepines with no additional fused rings is 1. The zero-order chi connectivity index (χ0) is 23.8. The Morgan fingerprint density at radius 3 is 2.47 bits per heavy atom. The number of hydrogen-bond donors (Lipinski definition) is 1. The lowest BCUT2D eigenvalue weighted by atomic mass is 9.99. The first kappa shape index (κ1) is 25.1. The second-order valence-electron chi connectivity index (χ2n) is 6.86. The summed E-state index contributed by atoms with van der Waals surface area (Å²) in [5.74, 6) is 1.34. The fourth-order valence-electron chi connectivity index (χ4n) is 3.39. The van der Waals surface area contributed by atoms with Crippen molar-refractivity contribution in [3.63, 3.8) is 0 Å². The molecule has 1 aliphatic heterocycles. The van der Waals surface area contributed by atoms with Crippen LogP contribution in [0.15, 0.2) is 64.7 Å². The van der Waals surface area contributed by atoms with E-state index in [0.29, 0.717) is 16.5 Å². The summed E-state index contributed by atoms with van der Waals surface area (Å²) < 4.78 is 5.47. The molecule has 3 rings (SSSR count). The van der Waals surface area contributed by atoms with Crippen LogP contribution in [0.3, 0.4) is 0 Å². The molecule has 1 aliphatic rings. The highest BCUT2D eigenvalue weighted by atomic mass is 35.5. The summed E-state index contributed by atoms with van der Waals surface area (Å²) in [5, 5.41) is 3.32. The highest BCUT2D eigenvalue weighted by Crippen LogP contribution is 2.35. The van der Waals surface area contributed by atoms with Crippen LogP contribution in [-0.2, 0) is 4.79 Å². The van der Waals surface area contributed by atoms with Crippen LogP contribution in [0.4, 0.5) is 5.69 Å². The predicted octanol–water partition coefficient (Wildman–Crippen LogP) is 5.10. The molecule has 32 heavy (non-hydrogen) atoms. The van der Waals surface area contributed by atoms with Crippen LogP contribution < -0.4 is 15.0 Å². The summed E-state index contributed by atoms with van der Waals surface area (Å²) >= 11 is 6.10. The summed E-state index contributed by atoms with van der Waals surface area (Å²) in [6, 6.07) is 12.8. The van der Waals surface area contributed by atoms with Gasteiger partial charge in [-0.3, -0.25) is 14.8 Å². The van der Waals surface area contributed by atoms with Crippen molar-refractivity contribution in [3.8, 4) is 5.75 Å². The number of nitrogens with zero attached hydrogens (tertiary/aromatic N) is 3. The number of anilines is 1. The average Bonchev–Trinajstić information content (AvgIpc) is 2.94. The fraction of sp³-hybridized carbons (Fsp3) is 0.320. The minimum atomic E-state index is -0.467. The SMILES string of the molecule is C=C1[C@H](CC(=O)NC)N=C(c2ccc(Cl)cc2)c2cc(OC)ccc2N1C(C)=NC.CC. The van der Waals surface area contributed by atoms with Gasteiger partial charge < -0.3 is 15.0 Å². The maximum Gasteiger partial charge on any atom is 0.222 e. The molecule has 0 unspecified atom stereocenters. The molecule has 1 atom stereocenters. The van der Waals surface area contributed by atoms with Crippen molar-refractivity contribution in [1.82, 2.24) is 5.32 Å². The number of ether oxygens (including phenoxy) is 1. The topological polar surface area (TPSA) is 66.3 Å². The monoisotopic (exact) mass is 454 g/mol. The minimum Gasteiger partial charge on any atom is -0.497 e. The first-order chi connectivity index (χ1) is 15.4. The molecule has 2 aromatic carbocycles.